The van der Waals surface area contributed by atoms with Crippen LogP contribution in [0.15, 0.2) is 47.8 Å². The Balaban J connectivity index is 1.22. The first-order valence-corrected chi connectivity index (χ1v) is 13.5. The van der Waals surface area contributed by atoms with Crippen LogP contribution in [0.1, 0.15) is 60.8 Å². The summed E-state index contributed by atoms with van der Waals surface area (Å²) in [5.74, 6) is 0.162. The minimum Gasteiger partial charge on any atom is -0.350 e. The van der Waals surface area contributed by atoms with Gasteiger partial charge >= 0.3 is 0 Å². The Kier molecular flexibility index (Phi) is 6.99. The lowest BCUT2D eigenvalue weighted by atomic mass is 9.79. The number of carbonyl (C=O) groups excluding carboxylic acids is 1. The molecule has 1 saturated carbocycles. The van der Waals surface area contributed by atoms with Gasteiger partial charge in [-0.05, 0) is 77.8 Å². The molecule has 176 valence electrons. The van der Waals surface area contributed by atoms with E-state index in [1.165, 1.54) is 40.5 Å². The molecule has 3 aromatic rings. The lowest BCUT2D eigenvalue weighted by Crippen LogP contribution is -2.52. The summed E-state index contributed by atoms with van der Waals surface area (Å²) >= 11 is 1.72. The van der Waals surface area contributed by atoms with E-state index in [4.69, 9.17) is 0 Å². The molecular formula is C29H33N3OS. The lowest BCUT2D eigenvalue weighted by Gasteiger charge is -2.40. The predicted molar refractivity (Wildman–Crippen MR) is 139 cm³/mol. The van der Waals surface area contributed by atoms with Crippen molar-refractivity contribution in [2.75, 3.05) is 19.6 Å². The average Bonchev–Trinajstić information content (AvgIpc) is 3.25. The van der Waals surface area contributed by atoms with Crippen molar-refractivity contribution in [3.05, 3.63) is 70.1 Å². The maximum absolute atomic E-state index is 13.2. The van der Waals surface area contributed by atoms with Gasteiger partial charge in [0.05, 0.1) is 18.1 Å². The molecule has 2 aromatic carbocycles. The zero-order valence-electron chi connectivity index (χ0n) is 19.8. The first-order valence-electron chi connectivity index (χ1n) is 12.6. The van der Waals surface area contributed by atoms with E-state index in [-0.39, 0.29) is 11.4 Å². The number of hydrogen-bond donors (Lipinski definition) is 1. The largest absolute Gasteiger partial charge is 0.350 e. The van der Waals surface area contributed by atoms with Crippen LogP contribution in [-0.2, 0) is 24.1 Å². The quantitative estimate of drug-likeness (QED) is 0.507. The Hall–Kier alpha value is -2.68. The van der Waals surface area contributed by atoms with Crippen LogP contribution in [0.5, 0.6) is 0 Å². The molecule has 4 nitrogen and oxygen atoms in total. The summed E-state index contributed by atoms with van der Waals surface area (Å²) in [5.41, 5.74) is 4.52. The molecule has 0 atom stereocenters. The fourth-order valence-corrected chi connectivity index (χ4v) is 6.72. The van der Waals surface area contributed by atoms with Crippen molar-refractivity contribution in [1.29, 1.82) is 5.26 Å². The molecule has 0 radical (unpaired) electrons. The van der Waals surface area contributed by atoms with Gasteiger partial charge in [0, 0.05) is 29.9 Å². The molecule has 1 aliphatic heterocycles. The van der Waals surface area contributed by atoms with E-state index in [0.717, 1.165) is 62.9 Å². The topological polar surface area (TPSA) is 56.1 Å². The first-order chi connectivity index (χ1) is 16.6. The van der Waals surface area contributed by atoms with Crippen LogP contribution >= 0.6 is 11.3 Å². The highest BCUT2D eigenvalue weighted by atomic mass is 32.1. The molecule has 0 spiro atoms. The molecule has 1 amide bonds. The monoisotopic (exact) mass is 471 g/mol. The maximum Gasteiger partial charge on any atom is 0.224 e. The molecule has 1 fully saturated rings. The first kappa shape index (κ1) is 23.1. The van der Waals surface area contributed by atoms with Crippen molar-refractivity contribution in [3.63, 3.8) is 0 Å². The number of carbonyl (C=O) groups is 1. The van der Waals surface area contributed by atoms with Gasteiger partial charge < -0.3 is 10.2 Å². The Labute approximate surface area is 206 Å². The van der Waals surface area contributed by atoms with Crippen LogP contribution in [0, 0.1) is 11.3 Å². The molecule has 34 heavy (non-hydrogen) atoms. The molecule has 0 unspecified atom stereocenters. The Morgan fingerprint density at radius 3 is 2.71 bits per heavy atom. The van der Waals surface area contributed by atoms with Crippen molar-refractivity contribution in [1.82, 2.24) is 10.2 Å². The molecule has 0 saturated heterocycles. The fraction of sp³-hybridized carbons (Fsp3) is 0.448. The second-order valence-corrected chi connectivity index (χ2v) is 10.9. The number of hydrogen-bond acceptors (Lipinski definition) is 4. The normalized spacial score (nSPS) is 18.1. The smallest absolute Gasteiger partial charge is 0.224 e. The van der Waals surface area contributed by atoms with Gasteiger partial charge in [-0.2, -0.15) is 5.26 Å². The summed E-state index contributed by atoms with van der Waals surface area (Å²) in [6.07, 6.45) is 9.34. The van der Waals surface area contributed by atoms with E-state index in [1.54, 1.807) is 11.3 Å². The van der Waals surface area contributed by atoms with E-state index in [0.29, 0.717) is 6.42 Å². The lowest BCUT2D eigenvalue weighted by molar-refractivity contribution is -0.123. The molecular weight excluding hydrogens is 438 g/mol. The second kappa shape index (κ2) is 10.3. The summed E-state index contributed by atoms with van der Waals surface area (Å²) in [5, 5.41) is 16.1. The van der Waals surface area contributed by atoms with Crippen LogP contribution in [0.4, 0.5) is 0 Å². The van der Waals surface area contributed by atoms with Crippen molar-refractivity contribution in [2.45, 2.75) is 63.3 Å². The highest BCUT2D eigenvalue weighted by Gasteiger charge is 2.34. The number of nitrogens with one attached hydrogen (secondary N) is 1. The molecule has 1 aliphatic carbocycles. The minimum atomic E-state index is -0.0776. The number of amides is 1. The zero-order chi connectivity index (χ0) is 23.4. The molecule has 5 rings (SSSR count). The van der Waals surface area contributed by atoms with Gasteiger partial charge in [-0.15, -0.1) is 11.3 Å². The Bertz CT molecular complexity index is 1200. The van der Waals surface area contributed by atoms with Crippen LogP contribution in [-0.4, -0.2) is 36.0 Å². The van der Waals surface area contributed by atoms with Gasteiger partial charge in [-0.1, -0.05) is 43.5 Å². The highest BCUT2D eigenvalue weighted by Crippen LogP contribution is 2.32. The van der Waals surface area contributed by atoms with Gasteiger partial charge in [-0.25, -0.2) is 0 Å². The summed E-state index contributed by atoms with van der Waals surface area (Å²) in [7, 11) is 0. The summed E-state index contributed by atoms with van der Waals surface area (Å²) < 4.78 is 1.24. The van der Waals surface area contributed by atoms with Crippen LogP contribution in [0.2, 0.25) is 0 Å². The summed E-state index contributed by atoms with van der Waals surface area (Å²) in [6, 6.07) is 16.8. The van der Waals surface area contributed by atoms with Gasteiger partial charge in [-0.3, -0.25) is 4.79 Å². The van der Waals surface area contributed by atoms with Gasteiger partial charge in [0.2, 0.25) is 5.91 Å². The number of thiophene rings is 1. The van der Waals surface area contributed by atoms with Crippen molar-refractivity contribution in [2.24, 2.45) is 0 Å². The second-order valence-electron chi connectivity index (χ2n) is 10.0. The fourth-order valence-electron chi connectivity index (χ4n) is 5.81. The van der Waals surface area contributed by atoms with Crippen molar-refractivity contribution in [3.8, 4) is 6.07 Å². The maximum atomic E-state index is 13.2. The van der Waals surface area contributed by atoms with E-state index in [2.05, 4.69) is 58.1 Å². The summed E-state index contributed by atoms with van der Waals surface area (Å²) in [6.45, 7) is 3.08. The number of rotatable bonds is 6. The zero-order valence-corrected chi connectivity index (χ0v) is 20.6. The van der Waals surface area contributed by atoms with E-state index in [9.17, 15) is 10.1 Å². The summed E-state index contributed by atoms with van der Waals surface area (Å²) in [4.78, 5) is 15.8. The number of nitriles is 1. The molecule has 1 N–H and O–H groups in total. The Morgan fingerprint density at radius 2 is 1.88 bits per heavy atom. The SMILES string of the molecule is N#Cc1ccc2c(c1)CCN(CCC1(NC(=O)Cc3cccc4ccsc34)CCCCC1)CC2. The molecule has 5 heteroatoms. The number of fused-ring (bicyclic) bond motifs is 2. The van der Waals surface area contributed by atoms with Gasteiger partial charge in [0.1, 0.15) is 0 Å². The van der Waals surface area contributed by atoms with Crippen LogP contribution < -0.4 is 5.32 Å². The highest BCUT2D eigenvalue weighted by molar-refractivity contribution is 7.17. The van der Waals surface area contributed by atoms with Crippen molar-refractivity contribution < 1.29 is 4.79 Å². The number of benzene rings is 2. The predicted octanol–water partition coefficient (Wildman–Crippen LogP) is 5.63. The molecule has 2 aliphatic rings. The number of nitrogens with zero attached hydrogens (tertiary/aromatic N) is 2. The van der Waals surface area contributed by atoms with Crippen LogP contribution in [0.3, 0.4) is 0 Å². The van der Waals surface area contributed by atoms with Gasteiger partial charge in [0.15, 0.2) is 0 Å². The standard InChI is InChI=1S/C29H33N3OS/c30-21-22-7-8-23-9-15-32(16-10-25(23)19-22)17-14-29(12-2-1-3-13-29)31-27(33)20-26-6-4-5-24-11-18-34-28(24)26/h4-8,11,18-19H,1-3,9-10,12-17,20H2,(H,31,33). The third-order valence-corrected chi connectivity index (χ3v) is 8.77. The minimum absolute atomic E-state index is 0.0776. The third-order valence-electron chi connectivity index (χ3n) is 7.76. The Morgan fingerprint density at radius 1 is 1.06 bits per heavy atom. The molecule has 2 heterocycles. The third kappa shape index (κ3) is 5.19. The molecule has 1 aromatic heterocycles. The van der Waals surface area contributed by atoms with Crippen molar-refractivity contribution >= 4 is 27.3 Å². The van der Waals surface area contributed by atoms with Gasteiger partial charge in [0.25, 0.3) is 0 Å². The van der Waals surface area contributed by atoms with E-state index >= 15 is 0 Å². The van der Waals surface area contributed by atoms with E-state index < -0.39 is 0 Å². The van der Waals surface area contributed by atoms with E-state index in [1.807, 2.05) is 6.07 Å². The molecule has 0 bridgehead atoms. The van der Waals surface area contributed by atoms with Crippen LogP contribution in [0.25, 0.3) is 10.1 Å². The average molecular weight is 472 g/mol.